The van der Waals surface area contributed by atoms with E-state index in [0.717, 1.165) is 32.4 Å². The molecule has 2 aliphatic heterocycles. The van der Waals surface area contributed by atoms with Crippen molar-refractivity contribution in [2.24, 2.45) is 5.92 Å². The maximum absolute atomic E-state index is 11.4. The highest BCUT2D eigenvalue weighted by Gasteiger charge is 2.43. The smallest absolute Gasteiger partial charge is 0.321 e. The normalized spacial score (nSPS) is 38.2. The number of nitrogens with zero attached hydrogens (tertiary/aromatic N) is 1. The number of rotatable bonds is 2. The van der Waals surface area contributed by atoms with Gasteiger partial charge >= 0.3 is 5.97 Å². The first kappa shape index (κ1) is 12.8. The third kappa shape index (κ3) is 2.63. The number of hydrogen-bond donors (Lipinski definition) is 1. The monoisotopic (exact) mass is 241 g/mol. The standard InChI is InChI=1S/C13H23NO3/c1-9-4-6-14(11(9)12(15)16)10-5-7-17-13(2,3)8-10/h9-11H,4-8H2,1-3H3,(H,15,16). The number of carbonyl (C=O) groups is 1. The fraction of sp³-hybridized carbons (Fsp3) is 0.923. The van der Waals surface area contributed by atoms with Gasteiger partial charge in [-0.1, -0.05) is 6.92 Å². The van der Waals surface area contributed by atoms with Crippen molar-refractivity contribution in [3.05, 3.63) is 0 Å². The lowest BCUT2D eigenvalue weighted by atomic mass is 9.92. The zero-order valence-electron chi connectivity index (χ0n) is 11.0. The molecule has 17 heavy (non-hydrogen) atoms. The Bertz CT molecular complexity index is 303. The van der Waals surface area contributed by atoms with Crippen molar-refractivity contribution in [3.63, 3.8) is 0 Å². The second kappa shape index (κ2) is 4.58. The number of ether oxygens (including phenoxy) is 1. The Labute approximate surface area is 103 Å². The van der Waals surface area contributed by atoms with Crippen LogP contribution in [0.25, 0.3) is 0 Å². The molecule has 0 aromatic carbocycles. The number of carboxylic acids is 1. The van der Waals surface area contributed by atoms with Crippen molar-refractivity contribution in [3.8, 4) is 0 Å². The number of aliphatic carboxylic acids is 1. The van der Waals surface area contributed by atoms with Crippen LogP contribution in [0.15, 0.2) is 0 Å². The van der Waals surface area contributed by atoms with Crippen LogP contribution in [0.1, 0.15) is 40.0 Å². The van der Waals surface area contributed by atoms with E-state index in [1.807, 2.05) is 6.92 Å². The highest BCUT2D eigenvalue weighted by Crippen LogP contribution is 2.34. The van der Waals surface area contributed by atoms with Crippen LogP contribution < -0.4 is 0 Å². The van der Waals surface area contributed by atoms with Gasteiger partial charge in [0.1, 0.15) is 6.04 Å². The molecule has 2 saturated heterocycles. The molecule has 4 nitrogen and oxygen atoms in total. The van der Waals surface area contributed by atoms with Crippen molar-refractivity contribution in [2.45, 2.75) is 57.7 Å². The van der Waals surface area contributed by atoms with Crippen molar-refractivity contribution in [2.75, 3.05) is 13.2 Å². The molecule has 0 aromatic rings. The van der Waals surface area contributed by atoms with Gasteiger partial charge in [0.2, 0.25) is 0 Å². The number of likely N-dealkylation sites (tertiary alicyclic amines) is 1. The summed E-state index contributed by atoms with van der Waals surface area (Å²) >= 11 is 0. The fourth-order valence-electron chi connectivity index (χ4n) is 3.25. The fourth-order valence-corrected chi connectivity index (χ4v) is 3.25. The lowest BCUT2D eigenvalue weighted by Gasteiger charge is -2.41. The second-order valence-electron chi connectivity index (χ2n) is 6.04. The molecule has 0 spiro atoms. The Balaban J connectivity index is 2.08. The van der Waals surface area contributed by atoms with Gasteiger partial charge in [-0.05, 0) is 45.6 Å². The second-order valence-corrected chi connectivity index (χ2v) is 6.04. The highest BCUT2D eigenvalue weighted by atomic mass is 16.5. The molecule has 1 N–H and O–H groups in total. The van der Waals surface area contributed by atoms with Gasteiger partial charge in [-0.3, -0.25) is 9.69 Å². The minimum Gasteiger partial charge on any atom is -0.480 e. The van der Waals surface area contributed by atoms with E-state index in [1.165, 1.54) is 0 Å². The molecule has 2 fully saturated rings. The Kier molecular flexibility index (Phi) is 3.46. The summed E-state index contributed by atoms with van der Waals surface area (Å²) in [6, 6.07) is 0.0682. The maximum atomic E-state index is 11.4. The maximum Gasteiger partial charge on any atom is 0.321 e. The summed E-state index contributed by atoms with van der Waals surface area (Å²) in [6.07, 6.45) is 2.89. The Hall–Kier alpha value is -0.610. The van der Waals surface area contributed by atoms with E-state index in [9.17, 15) is 9.90 Å². The van der Waals surface area contributed by atoms with E-state index < -0.39 is 5.97 Å². The van der Waals surface area contributed by atoms with E-state index in [2.05, 4.69) is 18.7 Å². The molecule has 0 aromatic heterocycles. The molecule has 0 bridgehead atoms. The summed E-state index contributed by atoms with van der Waals surface area (Å²) in [6.45, 7) is 7.89. The van der Waals surface area contributed by atoms with E-state index in [0.29, 0.717) is 6.04 Å². The molecule has 2 aliphatic rings. The molecule has 0 amide bonds. The van der Waals surface area contributed by atoms with E-state index in [1.54, 1.807) is 0 Å². The lowest BCUT2D eigenvalue weighted by Crippen LogP contribution is -2.50. The minimum absolute atomic E-state index is 0.113. The first-order valence-corrected chi connectivity index (χ1v) is 6.53. The first-order chi connectivity index (χ1) is 7.91. The molecule has 3 unspecified atom stereocenters. The lowest BCUT2D eigenvalue weighted by molar-refractivity contribution is -0.147. The predicted octanol–water partition coefficient (Wildman–Crippen LogP) is 1.74. The molecule has 2 heterocycles. The van der Waals surface area contributed by atoms with Crippen LogP contribution in [0.5, 0.6) is 0 Å². The summed E-state index contributed by atoms with van der Waals surface area (Å²) < 4.78 is 5.70. The summed E-state index contributed by atoms with van der Waals surface area (Å²) in [7, 11) is 0. The first-order valence-electron chi connectivity index (χ1n) is 6.53. The Morgan fingerprint density at radius 2 is 2.12 bits per heavy atom. The van der Waals surface area contributed by atoms with Gasteiger partial charge in [0.25, 0.3) is 0 Å². The molecule has 0 radical (unpaired) electrons. The van der Waals surface area contributed by atoms with E-state index in [4.69, 9.17) is 4.74 Å². The van der Waals surface area contributed by atoms with Crippen LogP contribution in [-0.2, 0) is 9.53 Å². The zero-order chi connectivity index (χ0) is 12.6. The zero-order valence-corrected chi connectivity index (χ0v) is 11.0. The number of hydrogen-bond acceptors (Lipinski definition) is 3. The predicted molar refractivity (Wildman–Crippen MR) is 65.0 cm³/mol. The van der Waals surface area contributed by atoms with Crippen LogP contribution >= 0.6 is 0 Å². The van der Waals surface area contributed by atoms with Crippen molar-refractivity contribution in [1.29, 1.82) is 0 Å². The Morgan fingerprint density at radius 1 is 1.41 bits per heavy atom. The van der Waals surface area contributed by atoms with Crippen LogP contribution in [-0.4, -0.2) is 46.8 Å². The van der Waals surface area contributed by atoms with Crippen molar-refractivity contribution < 1.29 is 14.6 Å². The molecule has 4 heteroatoms. The summed E-state index contributed by atoms with van der Waals surface area (Å²) in [4.78, 5) is 13.5. The van der Waals surface area contributed by atoms with Crippen LogP contribution in [0.3, 0.4) is 0 Å². The SMILES string of the molecule is CC1CCN(C2CCOC(C)(C)C2)C1C(=O)O. The van der Waals surface area contributed by atoms with Gasteiger partial charge in [-0.15, -0.1) is 0 Å². The molecule has 98 valence electrons. The summed E-state index contributed by atoms with van der Waals surface area (Å²) in [5.74, 6) is -0.405. The molecule has 2 rings (SSSR count). The molecule has 0 saturated carbocycles. The number of carboxylic acid groups (broad SMARTS) is 1. The van der Waals surface area contributed by atoms with Gasteiger partial charge in [-0.2, -0.15) is 0 Å². The molecular formula is C13H23NO3. The Morgan fingerprint density at radius 3 is 2.71 bits per heavy atom. The summed E-state index contributed by atoms with van der Waals surface area (Å²) in [5, 5.41) is 9.34. The highest BCUT2D eigenvalue weighted by molar-refractivity contribution is 5.74. The quantitative estimate of drug-likeness (QED) is 0.800. The van der Waals surface area contributed by atoms with Crippen LogP contribution in [0.4, 0.5) is 0 Å². The average molecular weight is 241 g/mol. The largest absolute Gasteiger partial charge is 0.480 e. The van der Waals surface area contributed by atoms with E-state index in [-0.39, 0.29) is 17.6 Å². The average Bonchev–Trinajstić information content (AvgIpc) is 2.58. The van der Waals surface area contributed by atoms with E-state index >= 15 is 0 Å². The van der Waals surface area contributed by atoms with Gasteiger partial charge in [-0.25, -0.2) is 0 Å². The molecular weight excluding hydrogens is 218 g/mol. The molecule has 3 atom stereocenters. The summed E-state index contributed by atoms with van der Waals surface area (Å²) in [5.41, 5.74) is -0.113. The third-order valence-corrected chi connectivity index (χ3v) is 4.13. The third-order valence-electron chi connectivity index (χ3n) is 4.13. The minimum atomic E-state index is -0.667. The topological polar surface area (TPSA) is 49.8 Å². The van der Waals surface area contributed by atoms with Gasteiger partial charge < -0.3 is 9.84 Å². The van der Waals surface area contributed by atoms with Crippen molar-refractivity contribution >= 4 is 5.97 Å². The molecule has 0 aliphatic carbocycles. The van der Waals surface area contributed by atoms with Crippen LogP contribution in [0.2, 0.25) is 0 Å². The van der Waals surface area contributed by atoms with Gasteiger partial charge in [0.05, 0.1) is 5.60 Å². The van der Waals surface area contributed by atoms with Crippen molar-refractivity contribution in [1.82, 2.24) is 4.90 Å². The van der Waals surface area contributed by atoms with Crippen LogP contribution in [0, 0.1) is 5.92 Å². The van der Waals surface area contributed by atoms with Gasteiger partial charge in [0, 0.05) is 12.6 Å². The van der Waals surface area contributed by atoms with Gasteiger partial charge in [0.15, 0.2) is 0 Å².